The number of hydrogen-bond donors (Lipinski definition) is 2. The molecule has 7 heteroatoms. The van der Waals surface area contributed by atoms with E-state index in [9.17, 15) is 4.79 Å². The topological polar surface area (TPSA) is 92.9 Å². The molecule has 2 rings (SSSR count). The molecular weight excluding hydrogens is 258 g/mol. The van der Waals surface area contributed by atoms with E-state index < -0.39 is 0 Å². The van der Waals surface area contributed by atoms with Crippen LogP contribution in [0.15, 0.2) is 30.6 Å². The van der Waals surface area contributed by atoms with Crippen molar-refractivity contribution in [2.24, 2.45) is 0 Å². The van der Waals surface area contributed by atoms with Gasteiger partial charge >= 0.3 is 0 Å². The minimum atomic E-state index is -0.0998. The summed E-state index contributed by atoms with van der Waals surface area (Å²) in [5, 5.41) is 22.4. The van der Waals surface area contributed by atoms with Crippen LogP contribution in [0.4, 0.5) is 0 Å². The van der Waals surface area contributed by atoms with Gasteiger partial charge in [0.1, 0.15) is 6.33 Å². The van der Waals surface area contributed by atoms with E-state index in [0.717, 1.165) is 24.9 Å². The number of rotatable bonds is 7. The number of carbonyl (C=O) groups excluding carboxylic acids is 1. The van der Waals surface area contributed by atoms with E-state index in [1.54, 1.807) is 24.3 Å². The molecule has 2 N–H and O–H groups in total. The monoisotopic (exact) mass is 275 g/mol. The summed E-state index contributed by atoms with van der Waals surface area (Å²) in [6.07, 6.45) is 4.05. The third kappa shape index (κ3) is 3.86. The number of hydrogen-bond acceptors (Lipinski definition) is 5. The lowest BCUT2D eigenvalue weighted by atomic mass is 10.2. The Balaban J connectivity index is 1.85. The zero-order valence-electron chi connectivity index (χ0n) is 11.1. The zero-order chi connectivity index (χ0) is 14.2. The summed E-state index contributed by atoms with van der Waals surface area (Å²) >= 11 is 0. The van der Waals surface area contributed by atoms with Crippen LogP contribution >= 0.6 is 0 Å². The van der Waals surface area contributed by atoms with E-state index in [1.807, 2.05) is 0 Å². The largest absolute Gasteiger partial charge is 0.396 e. The number of aromatic nitrogens is 4. The van der Waals surface area contributed by atoms with Crippen molar-refractivity contribution in [1.82, 2.24) is 25.5 Å². The fraction of sp³-hybridized carbons (Fsp3) is 0.385. The second-order valence-corrected chi connectivity index (χ2v) is 4.34. The van der Waals surface area contributed by atoms with Crippen LogP contribution in [0.25, 0.3) is 5.69 Å². The van der Waals surface area contributed by atoms with Gasteiger partial charge < -0.3 is 10.4 Å². The molecule has 1 amide bonds. The maximum atomic E-state index is 11.9. The third-order valence-electron chi connectivity index (χ3n) is 2.86. The molecule has 0 fully saturated rings. The van der Waals surface area contributed by atoms with Crippen LogP contribution in [-0.4, -0.2) is 44.4 Å². The maximum Gasteiger partial charge on any atom is 0.251 e. The van der Waals surface area contributed by atoms with Crippen molar-refractivity contribution in [3.05, 3.63) is 36.2 Å². The first-order chi connectivity index (χ1) is 9.81. The summed E-state index contributed by atoms with van der Waals surface area (Å²) in [6, 6.07) is 7.05. The van der Waals surface area contributed by atoms with Crippen molar-refractivity contribution in [3.63, 3.8) is 0 Å². The smallest absolute Gasteiger partial charge is 0.251 e. The molecule has 0 saturated heterocycles. The van der Waals surface area contributed by atoms with Gasteiger partial charge in [-0.15, -0.1) is 5.10 Å². The molecule has 1 aromatic carbocycles. The average molecular weight is 275 g/mol. The summed E-state index contributed by atoms with van der Waals surface area (Å²) in [6.45, 7) is 0.820. The molecule has 1 heterocycles. The highest BCUT2D eigenvalue weighted by molar-refractivity contribution is 5.94. The molecule has 0 radical (unpaired) electrons. The Morgan fingerprint density at radius 2 is 2.00 bits per heavy atom. The van der Waals surface area contributed by atoms with E-state index in [-0.39, 0.29) is 12.5 Å². The molecule has 7 nitrogen and oxygen atoms in total. The summed E-state index contributed by atoms with van der Waals surface area (Å²) in [4.78, 5) is 11.9. The highest BCUT2D eigenvalue weighted by atomic mass is 16.2. The molecule has 0 atom stereocenters. The van der Waals surface area contributed by atoms with Crippen LogP contribution in [0.3, 0.4) is 0 Å². The number of nitrogens with one attached hydrogen (secondary N) is 1. The average Bonchev–Trinajstić information content (AvgIpc) is 3.01. The molecule has 2 aromatic rings. The predicted octanol–water partition coefficient (Wildman–Crippen LogP) is 0.555. The van der Waals surface area contributed by atoms with Gasteiger partial charge in [0.05, 0.1) is 5.69 Å². The van der Waals surface area contributed by atoms with Crippen molar-refractivity contribution in [1.29, 1.82) is 0 Å². The van der Waals surface area contributed by atoms with Gasteiger partial charge in [0.25, 0.3) is 5.91 Å². The minimum Gasteiger partial charge on any atom is -0.396 e. The first-order valence-electron chi connectivity index (χ1n) is 6.54. The quantitative estimate of drug-likeness (QED) is 0.720. The van der Waals surface area contributed by atoms with Gasteiger partial charge in [0.15, 0.2) is 0 Å². The fourth-order valence-corrected chi connectivity index (χ4v) is 1.76. The molecule has 20 heavy (non-hydrogen) atoms. The normalized spacial score (nSPS) is 10.4. The molecule has 0 aliphatic carbocycles. The molecule has 1 aromatic heterocycles. The van der Waals surface area contributed by atoms with Crippen LogP contribution in [0, 0.1) is 0 Å². The Morgan fingerprint density at radius 3 is 2.65 bits per heavy atom. The third-order valence-corrected chi connectivity index (χ3v) is 2.86. The SMILES string of the molecule is O=C(NCCCCCO)c1ccc(-n2cnnn2)cc1. The first kappa shape index (κ1) is 14.1. The van der Waals surface area contributed by atoms with Gasteiger partial charge in [-0.1, -0.05) is 0 Å². The van der Waals surface area contributed by atoms with E-state index in [0.29, 0.717) is 12.1 Å². The number of benzene rings is 1. The molecule has 0 saturated carbocycles. The highest BCUT2D eigenvalue weighted by Gasteiger charge is 2.05. The Bertz CT molecular complexity index is 524. The summed E-state index contributed by atoms with van der Waals surface area (Å²) in [7, 11) is 0. The second kappa shape index (κ2) is 7.34. The van der Waals surface area contributed by atoms with Crippen molar-refractivity contribution in [2.45, 2.75) is 19.3 Å². The van der Waals surface area contributed by atoms with E-state index >= 15 is 0 Å². The number of amides is 1. The van der Waals surface area contributed by atoms with Gasteiger partial charge in [-0.2, -0.15) is 0 Å². The number of aliphatic hydroxyl groups is 1. The first-order valence-corrected chi connectivity index (χ1v) is 6.54. The maximum absolute atomic E-state index is 11.9. The van der Waals surface area contributed by atoms with Gasteiger partial charge in [-0.25, -0.2) is 4.68 Å². The Kier molecular flexibility index (Phi) is 5.19. The van der Waals surface area contributed by atoms with Crippen LogP contribution in [0.1, 0.15) is 29.6 Å². The summed E-state index contributed by atoms with van der Waals surface area (Å²) in [5.41, 5.74) is 1.40. The Morgan fingerprint density at radius 1 is 1.20 bits per heavy atom. The van der Waals surface area contributed by atoms with Crippen LogP contribution in [0.5, 0.6) is 0 Å². The molecule has 0 spiro atoms. The predicted molar refractivity (Wildman–Crippen MR) is 72.4 cm³/mol. The number of carbonyl (C=O) groups is 1. The number of unbranched alkanes of at least 4 members (excludes halogenated alkanes) is 2. The van der Waals surface area contributed by atoms with Gasteiger partial charge in [0.2, 0.25) is 0 Å². The lowest BCUT2D eigenvalue weighted by Gasteiger charge is -2.05. The molecular formula is C13H17N5O2. The van der Waals surface area contributed by atoms with Crippen molar-refractivity contribution in [3.8, 4) is 5.69 Å². The highest BCUT2D eigenvalue weighted by Crippen LogP contribution is 2.07. The van der Waals surface area contributed by atoms with Crippen molar-refractivity contribution >= 4 is 5.91 Å². The number of aliphatic hydroxyl groups excluding tert-OH is 1. The van der Waals surface area contributed by atoms with Gasteiger partial charge in [0, 0.05) is 18.7 Å². The molecule has 106 valence electrons. The fourth-order valence-electron chi connectivity index (χ4n) is 1.76. The molecule has 0 unspecified atom stereocenters. The zero-order valence-corrected chi connectivity index (χ0v) is 11.1. The molecule has 0 aliphatic rings. The standard InChI is InChI=1S/C13H17N5O2/c19-9-3-1-2-8-14-13(20)11-4-6-12(7-5-11)18-10-15-16-17-18/h4-7,10,19H,1-3,8-9H2,(H,14,20). The van der Waals surface area contributed by atoms with E-state index in [4.69, 9.17) is 5.11 Å². The minimum absolute atomic E-state index is 0.0998. The van der Waals surface area contributed by atoms with Gasteiger partial charge in [-0.3, -0.25) is 4.79 Å². The van der Waals surface area contributed by atoms with Crippen molar-refractivity contribution < 1.29 is 9.90 Å². The lowest BCUT2D eigenvalue weighted by Crippen LogP contribution is -2.24. The second-order valence-electron chi connectivity index (χ2n) is 4.34. The van der Waals surface area contributed by atoms with Crippen molar-refractivity contribution in [2.75, 3.05) is 13.2 Å². The number of tetrazole rings is 1. The van der Waals surface area contributed by atoms with Crippen LogP contribution < -0.4 is 5.32 Å². The van der Waals surface area contributed by atoms with E-state index in [1.165, 1.54) is 11.0 Å². The lowest BCUT2D eigenvalue weighted by molar-refractivity contribution is 0.0953. The Labute approximate surface area is 116 Å². The van der Waals surface area contributed by atoms with Crippen LogP contribution in [-0.2, 0) is 0 Å². The summed E-state index contributed by atoms with van der Waals surface area (Å²) < 4.78 is 1.52. The van der Waals surface area contributed by atoms with E-state index in [2.05, 4.69) is 20.8 Å². The number of nitrogens with zero attached hydrogens (tertiary/aromatic N) is 4. The van der Waals surface area contributed by atoms with Gasteiger partial charge in [-0.05, 0) is 54.0 Å². The summed E-state index contributed by atoms with van der Waals surface area (Å²) in [5.74, 6) is -0.0998. The molecule has 0 bridgehead atoms. The molecule has 0 aliphatic heterocycles. The van der Waals surface area contributed by atoms with Crippen LogP contribution in [0.2, 0.25) is 0 Å². The Hall–Kier alpha value is -2.28.